The van der Waals surface area contributed by atoms with Gasteiger partial charge >= 0.3 is 6.09 Å². The van der Waals surface area contributed by atoms with Gasteiger partial charge in [0.25, 0.3) is 0 Å². The predicted molar refractivity (Wildman–Crippen MR) is 86.8 cm³/mol. The highest BCUT2D eigenvalue weighted by atomic mass is 16.6. The minimum atomic E-state index is -0.428. The summed E-state index contributed by atoms with van der Waals surface area (Å²) in [7, 11) is 0. The molecule has 0 spiro atoms. The van der Waals surface area contributed by atoms with Gasteiger partial charge in [-0.1, -0.05) is 0 Å². The van der Waals surface area contributed by atoms with Crippen molar-refractivity contribution in [2.24, 2.45) is 11.8 Å². The van der Waals surface area contributed by atoms with Crippen LogP contribution in [-0.2, 0) is 4.74 Å². The first-order chi connectivity index (χ1) is 10.4. The van der Waals surface area contributed by atoms with Crippen LogP contribution in [0.25, 0.3) is 0 Å². The molecule has 2 bridgehead atoms. The molecule has 0 aromatic carbocycles. The van der Waals surface area contributed by atoms with Gasteiger partial charge in [0, 0.05) is 25.2 Å². The van der Waals surface area contributed by atoms with Gasteiger partial charge in [0.1, 0.15) is 5.60 Å². The molecule has 1 saturated carbocycles. The van der Waals surface area contributed by atoms with E-state index >= 15 is 0 Å². The van der Waals surface area contributed by atoms with Crippen LogP contribution in [-0.4, -0.2) is 54.9 Å². The molecule has 4 atom stereocenters. The van der Waals surface area contributed by atoms with E-state index in [4.69, 9.17) is 4.74 Å². The number of nitrogens with zero attached hydrogens (tertiary/aromatic N) is 1. The maximum absolute atomic E-state index is 12.0. The topological polar surface area (TPSA) is 53.6 Å². The summed E-state index contributed by atoms with van der Waals surface area (Å²) < 4.78 is 5.40. The Balaban J connectivity index is 1.46. The first-order valence-electron chi connectivity index (χ1n) is 8.86. The van der Waals surface area contributed by atoms with E-state index in [-0.39, 0.29) is 12.1 Å². The molecule has 5 nitrogen and oxygen atoms in total. The van der Waals surface area contributed by atoms with Crippen LogP contribution in [0.5, 0.6) is 0 Å². The number of carbonyl (C=O) groups is 1. The Hall–Kier alpha value is -0.810. The Kier molecular flexibility index (Phi) is 4.64. The number of amides is 1. The minimum Gasteiger partial charge on any atom is -0.444 e. The zero-order valence-electron chi connectivity index (χ0n) is 14.2. The van der Waals surface area contributed by atoms with Gasteiger partial charge in [0.05, 0.1) is 0 Å². The van der Waals surface area contributed by atoms with Gasteiger partial charge < -0.3 is 20.3 Å². The van der Waals surface area contributed by atoms with Crippen molar-refractivity contribution in [2.45, 2.75) is 64.1 Å². The van der Waals surface area contributed by atoms with Crippen molar-refractivity contribution in [1.29, 1.82) is 0 Å². The second-order valence-corrected chi connectivity index (χ2v) is 8.24. The first kappa shape index (κ1) is 16.1. The largest absolute Gasteiger partial charge is 0.444 e. The van der Waals surface area contributed by atoms with Crippen LogP contribution in [0.3, 0.4) is 0 Å². The molecule has 3 fully saturated rings. The van der Waals surface area contributed by atoms with Gasteiger partial charge in [-0.05, 0) is 71.4 Å². The van der Waals surface area contributed by atoms with Crippen molar-refractivity contribution in [1.82, 2.24) is 15.5 Å². The van der Waals surface area contributed by atoms with E-state index in [0.717, 1.165) is 12.5 Å². The van der Waals surface area contributed by atoms with Crippen LogP contribution in [0.2, 0.25) is 0 Å². The molecule has 1 aliphatic carbocycles. The summed E-state index contributed by atoms with van der Waals surface area (Å²) in [6.45, 7) is 10.4. The fraction of sp³-hybridized carbons (Fsp3) is 0.941. The fourth-order valence-corrected chi connectivity index (χ4v) is 3.79. The molecule has 0 radical (unpaired) electrons. The van der Waals surface area contributed by atoms with Crippen molar-refractivity contribution in [3.05, 3.63) is 0 Å². The average Bonchev–Trinajstić information content (AvgIpc) is 3.19. The van der Waals surface area contributed by atoms with Gasteiger partial charge in [-0.2, -0.15) is 0 Å². The highest BCUT2D eigenvalue weighted by Gasteiger charge is 2.37. The summed E-state index contributed by atoms with van der Waals surface area (Å²) in [5.74, 6) is 1.43. The summed E-state index contributed by atoms with van der Waals surface area (Å²) in [6.07, 6.45) is 4.75. The zero-order valence-corrected chi connectivity index (χ0v) is 14.2. The Morgan fingerprint density at radius 1 is 1.23 bits per heavy atom. The molecular weight excluding hydrogens is 278 g/mol. The number of ether oxygens (including phenoxy) is 1. The van der Waals surface area contributed by atoms with Crippen molar-refractivity contribution in [3.8, 4) is 0 Å². The van der Waals surface area contributed by atoms with Gasteiger partial charge in [0.2, 0.25) is 0 Å². The SMILES string of the molecule is CC(C)(C)OC(=O)NC(CNC1CCN2CCC1C2)C1CC1. The number of fused-ring (bicyclic) bond motifs is 2. The molecule has 126 valence electrons. The minimum absolute atomic E-state index is 0.217. The number of hydrogen-bond acceptors (Lipinski definition) is 4. The highest BCUT2D eigenvalue weighted by Crippen LogP contribution is 2.33. The quantitative estimate of drug-likeness (QED) is 0.815. The number of hydrogen-bond donors (Lipinski definition) is 2. The fourth-order valence-electron chi connectivity index (χ4n) is 3.79. The Morgan fingerprint density at radius 3 is 2.64 bits per heavy atom. The molecule has 22 heavy (non-hydrogen) atoms. The lowest BCUT2D eigenvalue weighted by Crippen LogP contribution is -2.51. The van der Waals surface area contributed by atoms with Crippen LogP contribution < -0.4 is 10.6 Å². The van der Waals surface area contributed by atoms with E-state index in [1.165, 1.54) is 45.3 Å². The number of carbonyl (C=O) groups excluding carboxylic acids is 1. The number of alkyl carbamates (subject to hydrolysis) is 1. The summed E-state index contributed by atoms with van der Waals surface area (Å²) >= 11 is 0. The lowest BCUT2D eigenvalue weighted by Gasteiger charge is -2.32. The molecular formula is C17H31N3O2. The molecule has 3 aliphatic rings. The van der Waals surface area contributed by atoms with Crippen molar-refractivity contribution in [3.63, 3.8) is 0 Å². The lowest BCUT2D eigenvalue weighted by molar-refractivity contribution is 0.0495. The molecule has 5 heteroatoms. The van der Waals surface area contributed by atoms with Crippen LogP contribution in [0.15, 0.2) is 0 Å². The van der Waals surface area contributed by atoms with E-state index in [2.05, 4.69) is 15.5 Å². The maximum atomic E-state index is 12.0. The summed E-state index contributed by atoms with van der Waals surface area (Å²) in [6, 6.07) is 0.842. The Morgan fingerprint density at radius 2 is 1.95 bits per heavy atom. The molecule has 1 amide bonds. The van der Waals surface area contributed by atoms with E-state index in [1.54, 1.807) is 0 Å². The van der Waals surface area contributed by atoms with Crippen molar-refractivity contribution < 1.29 is 9.53 Å². The van der Waals surface area contributed by atoms with Gasteiger partial charge in [-0.15, -0.1) is 0 Å². The third-order valence-corrected chi connectivity index (χ3v) is 5.13. The molecule has 2 aliphatic heterocycles. The van der Waals surface area contributed by atoms with E-state index in [1.807, 2.05) is 20.8 Å². The number of nitrogens with one attached hydrogen (secondary N) is 2. The third kappa shape index (κ3) is 4.35. The van der Waals surface area contributed by atoms with Crippen molar-refractivity contribution in [2.75, 3.05) is 26.2 Å². The summed E-state index contributed by atoms with van der Waals surface area (Å²) in [4.78, 5) is 14.6. The number of piperidine rings is 1. The monoisotopic (exact) mass is 309 g/mol. The van der Waals surface area contributed by atoms with Crippen LogP contribution in [0.4, 0.5) is 4.79 Å². The van der Waals surface area contributed by atoms with Crippen LogP contribution >= 0.6 is 0 Å². The molecule has 2 N–H and O–H groups in total. The predicted octanol–water partition coefficient (Wildman–Crippen LogP) is 1.97. The molecule has 4 unspecified atom stereocenters. The smallest absolute Gasteiger partial charge is 0.407 e. The average molecular weight is 309 g/mol. The molecule has 0 aromatic rings. The standard InChI is InChI=1S/C17H31N3O2/c1-17(2,3)22-16(21)19-15(12-4-5-12)10-18-14-7-9-20-8-6-13(14)11-20/h12-15,18H,4-11H2,1-3H3,(H,19,21). The van der Waals surface area contributed by atoms with Gasteiger partial charge in [0.15, 0.2) is 0 Å². The summed E-state index contributed by atoms with van der Waals surface area (Å²) in [5.41, 5.74) is -0.428. The van der Waals surface area contributed by atoms with E-state index in [0.29, 0.717) is 12.0 Å². The summed E-state index contributed by atoms with van der Waals surface area (Å²) in [5, 5.41) is 6.83. The Bertz CT molecular complexity index is 403. The zero-order chi connectivity index (χ0) is 15.7. The Labute approximate surface area is 134 Å². The molecule has 3 rings (SSSR count). The van der Waals surface area contributed by atoms with Gasteiger partial charge in [-0.3, -0.25) is 0 Å². The molecule has 0 aromatic heterocycles. The van der Waals surface area contributed by atoms with Gasteiger partial charge in [-0.25, -0.2) is 4.79 Å². The van der Waals surface area contributed by atoms with Crippen LogP contribution in [0, 0.1) is 11.8 Å². The van der Waals surface area contributed by atoms with E-state index in [9.17, 15) is 4.79 Å². The van der Waals surface area contributed by atoms with E-state index < -0.39 is 5.60 Å². The highest BCUT2D eigenvalue weighted by molar-refractivity contribution is 5.68. The normalized spacial score (nSPS) is 32.6. The van der Waals surface area contributed by atoms with Crippen molar-refractivity contribution >= 4 is 6.09 Å². The number of rotatable bonds is 5. The second-order valence-electron chi connectivity index (χ2n) is 8.24. The lowest BCUT2D eigenvalue weighted by atomic mass is 9.94. The van der Waals surface area contributed by atoms with Crippen LogP contribution in [0.1, 0.15) is 46.5 Å². The second kappa shape index (κ2) is 6.36. The first-order valence-corrected chi connectivity index (χ1v) is 8.86. The molecule has 2 saturated heterocycles. The third-order valence-electron chi connectivity index (χ3n) is 5.13. The molecule has 2 heterocycles. The maximum Gasteiger partial charge on any atom is 0.407 e.